The summed E-state index contributed by atoms with van der Waals surface area (Å²) in [7, 11) is 0. The molecule has 0 heterocycles. The van der Waals surface area contributed by atoms with Crippen molar-refractivity contribution in [3.63, 3.8) is 0 Å². The van der Waals surface area contributed by atoms with E-state index in [1.54, 1.807) is 0 Å². The molecule has 36 heavy (non-hydrogen) atoms. The van der Waals surface area contributed by atoms with Crippen LogP contribution in [0.4, 0.5) is 26.3 Å². The van der Waals surface area contributed by atoms with E-state index in [0.29, 0.717) is 25.7 Å². The fourth-order valence-corrected chi connectivity index (χ4v) is 4.23. The maximum atomic E-state index is 13.5. The predicted molar refractivity (Wildman–Crippen MR) is 117 cm³/mol. The van der Waals surface area contributed by atoms with Gasteiger partial charge in [-0.1, -0.05) is 18.9 Å². The average molecular weight is 515 g/mol. The van der Waals surface area contributed by atoms with Gasteiger partial charge in [0, 0.05) is 23.2 Å². The van der Waals surface area contributed by atoms with E-state index in [0.717, 1.165) is 42.5 Å². The van der Waals surface area contributed by atoms with E-state index in [1.165, 1.54) is 0 Å². The zero-order valence-electron chi connectivity index (χ0n) is 18.8. The van der Waals surface area contributed by atoms with Crippen LogP contribution in [0.3, 0.4) is 0 Å². The van der Waals surface area contributed by atoms with Crippen LogP contribution in [0.25, 0.3) is 0 Å². The van der Waals surface area contributed by atoms with Crippen molar-refractivity contribution in [2.45, 2.75) is 56.5 Å². The van der Waals surface area contributed by atoms with Crippen molar-refractivity contribution in [3.8, 4) is 0 Å². The highest BCUT2D eigenvalue weighted by atomic mass is 19.4. The zero-order chi connectivity index (χ0) is 26.7. The van der Waals surface area contributed by atoms with Crippen LogP contribution in [0.1, 0.15) is 63.1 Å². The van der Waals surface area contributed by atoms with Gasteiger partial charge in [-0.25, -0.2) is 0 Å². The first-order valence-electron chi connectivity index (χ1n) is 11.0. The Morgan fingerprint density at radius 3 is 1.94 bits per heavy atom. The van der Waals surface area contributed by atoms with Gasteiger partial charge < -0.3 is 16.4 Å². The maximum Gasteiger partial charge on any atom is 0.416 e. The van der Waals surface area contributed by atoms with Crippen LogP contribution in [0.5, 0.6) is 0 Å². The van der Waals surface area contributed by atoms with Crippen molar-refractivity contribution in [2.75, 3.05) is 0 Å². The SMILES string of the molecule is NC(=O)c1cccc(C(F)(F)F)c1CC(=O)N[C@@H]1CCCC[C@@H]1NC(=O)c1ccc(C(F)(F)F)cc1. The molecule has 1 fully saturated rings. The summed E-state index contributed by atoms with van der Waals surface area (Å²) < 4.78 is 78.7. The van der Waals surface area contributed by atoms with Gasteiger partial charge in [0.1, 0.15) is 0 Å². The Balaban J connectivity index is 1.73. The largest absolute Gasteiger partial charge is 0.416 e. The Morgan fingerprint density at radius 2 is 1.42 bits per heavy atom. The van der Waals surface area contributed by atoms with Crippen molar-refractivity contribution < 1.29 is 40.7 Å². The van der Waals surface area contributed by atoms with Crippen molar-refractivity contribution >= 4 is 17.7 Å². The third-order valence-corrected chi connectivity index (χ3v) is 5.99. The fraction of sp³-hybridized carbons (Fsp3) is 0.375. The quantitative estimate of drug-likeness (QED) is 0.502. The maximum absolute atomic E-state index is 13.5. The molecule has 12 heteroatoms. The number of benzene rings is 2. The molecular formula is C24H23F6N3O3. The van der Waals surface area contributed by atoms with E-state index >= 15 is 0 Å². The molecule has 1 aliphatic carbocycles. The Morgan fingerprint density at radius 1 is 0.833 bits per heavy atom. The lowest BCUT2D eigenvalue weighted by Gasteiger charge is -2.33. The van der Waals surface area contributed by atoms with Crippen molar-refractivity contribution in [3.05, 3.63) is 70.3 Å². The lowest BCUT2D eigenvalue weighted by molar-refractivity contribution is -0.139. The average Bonchev–Trinajstić information content (AvgIpc) is 2.79. The van der Waals surface area contributed by atoms with E-state index in [4.69, 9.17) is 5.73 Å². The van der Waals surface area contributed by atoms with Gasteiger partial charge in [-0.2, -0.15) is 26.3 Å². The molecule has 3 amide bonds. The highest BCUT2D eigenvalue weighted by molar-refractivity contribution is 5.96. The van der Waals surface area contributed by atoms with Gasteiger partial charge >= 0.3 is 12.4 Å². The van der Waals surface area contributed by atoms with E-state index in [1.807, 2.05) is 0 Å². The third kappa shape index (κ3) is 6.55. The second kappa shape index (κ2) is 10.6. The van der Waals surface area contributed by atoms with E-state index in [-0.39, 0.29) is 5.56 Å². The smallest absolute Gasteiger partial charge is 0.366 e. The zero-order valence-corrected chi connectivity index (χ0v) is 18.8. The summed E-state index contributed by atoms with van der Waals surface area (Å²) >= 11 is 0. The molecular weight excluding hydrogens is 492 g/mol. The molecule has 0 aromatic heterocycles. The topological polar surface area (TPSA) is 101 Å². The minimum atomic E-state index is -4.82. The van der Waals surface area contributed by atoms with Crippen LogP contribution in [-0.4, -0.2) is 29.8 Å². The molecule has 194 valence electrons. The number of alkyl halides is 6. The summed E-state index contributed by atoms with van der Waals surface area (Å²) in [6, 6.07) is 5.30. The number of nitrogens with one attached hydrogen (secondary N) is 2. The molecule has 0 spiro atoms. The number of nitrogens with two attached hydrogens (primary N) is 1. The first-order valence-corrected chi connectivity index (χ1v) is 11.0. The van der Waals surface area contributed by atoms with Gasteiger partial charge in [-0.05, 0) is 54.8 Å². The monoisotopic (exact) mass is 515 g/mol. The summed E-state index contributed by atoms with van der Waals surface area (Å²) in [5.74, 6) is -2.55. The van der Waals surface area contributed by atoms with Crippen LogP contribution in [0.2, 0.25) is 0 Å². The number of primary amides is 1. The van der Waals surface area contributed by atoms with Crippen LogP contribution in [0.15, 0.2) is 42.5 Å². The molecule has 0 aliphatic heterocycles. The van der Waals surface area contributed by atoms with Gasteiger partial charge in [0.2, 0.25) is 11.8 Å². The molecule has 0 saturated heterocycles. The highest BCUT2D eigenvalue weighted by Crippen LogP contribution is 2.34. The number of amides is 3. The molecule has 2 atom stereocenters. The van der Waals surface area contributed by atoms with Crippen LogP contribution in [-0.2, 0) is 23.6 Å². The third-order valence-electron chi connectivity index (χ3n) is 5.99. The lowest BCUT2D eigenvalue weighted by Crippen LogP contribution is -2.53. The molecule has 1 aliphatic rings. The second-order valence-corrected chi connectivity index (χ2v) is 8.48. The number of carbonyl (C=O) groups is 3. The number of carbonyl (C=O) groups excluding carboxylic acids is 3. The Hall–Kier alpha value is -3.57. The van der Waals surface area contributed by atoms with Gasteiger partial charge in [-0.15, -0.1) is 0 Å². The molecule has 6 nitrogen and oxygen atoms in total. The molecule has 2 aromatic rings. The molecule has 3 rings (SSSR count). The summed E-state index contributed by atoms with van der Waals surface area (Å²) in [5.41, 5.74) is 2.17. The van der Waals surface area contributed by atoms with E-state index in [9.17, 15) is 40.7 Å². The lowest BCUT2D eigenvalue weighted by atomic mass is 9.89. The normalized spacial score (nSPS) is 18.4. The molecule has 0 unspecified atom stereocenters. The van der Waals surface area contributed by atoms with E-state index < -0.39 is 70.8 Å². The molecule has 0 radical (unpaired) electrons. The first-order chi connectivity index (χ1) is 16.8. The number of rotatable bonds is 6. The predicted octanol–water partition coefficient (Wildman–Crippen LogP) is 4.22. The van der Waals surface area contributed by atoms with Crippen molar-refractivity contribution in [2.24, 2.45) is 5.73 Å². The fourth-order valence-electron chi connectivity index (χ4n) is 4.23. The number of hydrogen-bond donors (Lipinski definition) is 3. The van der Waals surface area contributed by atoms with Crippen molar-refractivity contribution in [1.82, 2.24) is 10.6 Å². The van der Waals surface area contributed by atoms with Crippen LogP contribution < -0.4 is 16.4 Å². The van der Waals surface area contributed by atoms with Gasteiger partial charge in [-0.3, -0.25) is 14.4 Å². The second-order valence-electron chi connectivity index (χ2n) is 8.48. The molecule has 2 aromatic carbocycles. The Bertz CT molecular complexity index is 1130. The number of hydrogen-bond acceptors (Lipinski definition) is 3. The van der Waals surface area contributed by atoms with Crippen molar-refractivity contribution in [1.29, 1.82) is 0 Å². The van der Waals surface area contributed by atoms with Gasteiger partial charge in [0.05, 0.1) is 17.5 Å². The first kappa shape index (κ1) is 27.0. The molecule has 0 bridgehead atoms. The van der Waals surface area contributed by atoms with Gasteiger partial charge in [0.25, 0.3) is 5.91 Å². The minimum absolute atomic E-state index is 0.0103. The van der Waals surface area contributed by atoms with Gasteiger partial charge in [0.15, 0.2) is 0 Å². The molecule has 1 saturated carbocycles. The highest BCUT2D eigenvalue weighted by Gasteiger charge is 2.36. The molecule has 4 N–H and O–H groups in total. The minimum Gasteiger partial charge on any atom is -0.366 e. The summed E-state index contributed by atoms with van der Waals surface area (Å²) in [4.78, 5) is 37.0. The van der Waals surface area contributed by atoms with E-state index in [2.05, 4.69) is 10.6 Å². The van der Waals surface area contributed by atoms with Crippen LogP contribution >= 0.6 is 0 Å². The Labute approximate surface area is 202 Å². The van der Waals surface area contributed by atoms with Crippen LogP contribution in [0, 0.1) is 0 Å². The number of halogens is 6. The summed E-state index contributed by atoms with van der Waals surface area (Å²) in [5, 5.41) is 5.32. The standard InChI is InChI=1S/C24H23F6N3O3/c25-23(26,27)14-10-8-13(9-11-14)22(36)33-19-7-2-1-6-18(19)32-20(34)12-16-15(21(31)35)4-3-5-17(16)24(28,29)30/h3-5,8-11,18-19H,1-2,6-7,12H2,(H2,31,35)(H,32,34)(H,33,36)/t18-,19+/m1/s1. The summed E-state index contributed by atoms with van der Waals surface area (Å²) in [6.45, 7) is 0. The Kier molecular flexibility index (Phi) is 7.95. The summed E-state index contributed by atoms with van der Waals surface area (Å²) in [6.07, 6.45) is -7.87.